The summed E-state index contributed by atoms with van der Waals surface area (Å²) in [6.45, 7) is 2.55. The van der Waals surface area contributed by atoms with E-state index in [0.717, 1.165) is 5.56 Å². The van der Waals surface area contributed by atoms with Crippen LogP contribution in [-0.2, 0) is 4.74 Å². The summed E-state index contributed by atoms with van der Waals surface area (Å²) in [6, 6.07) is 3.33. The molecule has 1 rings (SSSR count). The summed E-state index contributed by atoms with van der Waals surface area (Å²) in [5.74, 6) is 0.0416. The first-order valence-electron chi connectivity index (χ1n) is 4.62. The van der Waals surface area contributed by atoms with Crippen molar-refractivity contribution in [1.29, 1.82) is 0 Å². The van der Waals surface area contributed by atoms with Crippen molar-refractivity contribution in [3.05, 3.63) is 28.0 Å². The second-order valence-electron chi connectivity index (χ2n) is 3.37. The number of ether oxygens (including phenoxy) is 2. The van der Waals surface area contributed by atoms with Gasteiger partial charge >= 0.3 is 0 Å². The van der Waals surface area contributed by atoms with Crippen molar-refractivity contribution in [3.63, 3.8) is 0 Å². The lowest BCUT2D eigenvalue weighted by molar-refractivity contribution is 0.184. The number of halogens is 2. The van der Waals surface area contributed by atoms with E-state index in [0.29, 0.717) is 11.1 Å². The smallest absolute Gasteiger partial charge is 0.168 e. The molecule has 1 aromatic rings. The normalized spacial score (nSPS) is 12.6. The summed E-state index contributed by atoms with van der Waals surface area (Å²) in [6.07, 6.45) is 0. The molecule has 15 heavy (non-hydrogen) atoms. The van der Waals surface area contributed by atoms with Gasteiger partial charge in [0.25, 0.3) is 0 Å². The third kappa shape index (κ3) is 2.92. The van der Waals surface area contributed by atoms with Gasteiger partial charge in [0.15, 0.2) is 11.6 Å². The van der Waals surface area contributed by atoms with E-state index in [1.807, 2.05) is 13.0 Å². The fourth-order valence-corrected chi connectivity index (χ4v) is 2.02. The molecule has 0 amide bonds. The summed E-state index contributed by atoms with van der Waals surface area (Å²) in [7, 11) is 3.08. The van der Waals surface area contributed by atoms with Crippen LogP contribution in [0.4, 0.5) is 4.39 Å². The third-order valence-electron chi connectivity index (χ3n) is 2.21. The standard InChI is InChI=1S/C11H14BrFO2/c1-7(6-14-2)8-4-9(12)11(15-3)10(13)5-8/h4-5,7H,6H2,1-3H3/t7-/m0/s1. The molecule has 0 aliphatic heterocycles. The molecule has 0 heterocycles. The molecule has 0 aromatic heterocycles. The van der Waals surface area contributed by atoms with Gasteiger partial charge in [-0.15, -0.1) is 0 Å². The number of hydrogen-bond donors (Lipinski definition) is 0. The molecular formula is C11H14BrFO2. The van der Waals surface area contributed by atoms with Crippen molar-refractivity contribution in [2.75, 3.05) is 20.8 Å². The van der Waals surface area contributed by atoms with Gasteiger partial charge < -0.3 is 9.47 Å². The van der Waals surface area contributed by atoms with E-state index in [1.54, 1.807) is 7.11 Å². The summed E-state index contributed by atoms with van der Waals surface area (Å²) >= 11 is 3.27. The van der Waals surface area contributed by atoms with Crippen LogP contribution in [0.15, 0.2) is 16.6 Å². The highest BCUT2D eigenvalue weighted by Gasteiger charge is 2.13. The molecule has 0 aliphatic carbocycles. The van der Waals surface area contributed by atoms with Gasteiger partial charge in [-0.05, 0) is 33.6 Å². The first-order chi connectivity index (χ1) is 7.10. The molecule has 0 fully saturated rings. The molecule has 0 N–H and O–H groups in total. The fourth-order valence-electron chi connectivity index (χ4n) is 1.41. The van der Waals surface area contributed by atoms with Crippen LogP contribution in [0.1, 0.15) is 18.4 Å². The van der Waals surface area contributed by atoms with Crippen molar-refractivity contribution >= 4 is 15.9 Å². The Kier molecular flexibility index (Phi) is 4.54. The predicted octanol–water partition coefficient (Wildman–Crippen LogP) is 3.35. The van der Waals surface area contributed by atoms with Gasteiger partial charge in [-0.25, -0.2) is 4.39 Å². The molecule has 1 aromatic carbocycles. The van der Waals surface area contributed by atoms with Gasteiger partial charge in [-0.2, -0.15) is 0 Å². The van der Waals surface area contributed by atoms with Crippen LogP contribution in [0.2, 0.25) is 0 Å². The summed E-state index contributed by atoms with van der Waals surface area (Å²) in [5, 5.41) is 0. The largest absolute Gasteiger partial charge is 0.492 e. The van der Waals surface area contributed by atoms with Crippen molar-refractivity contribution in [2.45, 2.75) is 12.8 Å². The SMILES string of the molecule is COC[C@H](C)c1cc(F)c(OC)c(Br)c1. The highest BCUT2D eigenvalue weighted by molar-refractivity contribution is 9.10. The van der Waals surface area contributed by atoms with E-state index >= 15 is 0 Å². The summed E-state index contributed by atoms with van der Waals surface area (Å²) < 4.78 is 24.1. The molecule has 0 bridgehead atoms. The van der Waals surface area contributed by atoms with Crippen molar-refractivity contribution in [2.24, 2.45) is 0 Å². The van der Waals surface area contributed by atoms with Crippen LogP contribution < -0.4 is 4.74 Å². The van der Waals surface area contributed by atoms with E-state index in [4.69, 9.17) is 9.47 Å². The maximum Gasteiger partial charge on any atom is 0.168 e. The van der Waals surface area contributed by atoms with E-state index in [1.165, 1.54) is 13.2 Å². The van der Waals surface area contributed by atoms with Crippen LogP contribution in [0.5, 0.6) is 5.75 Å². The quantitative estimate of drug-likeness (QED) is 0.840. The molecule has 0 unspecified atom stereocenters. The second-order valence-corrected chi connectivity index (χ2v) is 4.23. The van der Waals surface area contributed by atoms with Crippen LogP contribution in [0.3, 0.4) is 0 Å². The van der Waals surface area contributed by atoms with E-state index in [-0.39, 0.29) is 17.5 Å². The number of methoxy groups -OCH3 is 2. The van der Waals surface area contributed by atoms with Gasteiger partial charge in [0.05, 0.1) is 18.2 Å². The lowest BCUT2D eigenvalue weighted by atomic mass is 10.0. The third-order valence-corrected chi connectivity index (χ3v) is 2.80. The lowest BCUT2D eigenvalue weighted by Gasteiger charge is -2.13. The summed E-state index contributed by atoms with van der Waals surface area (Å²) in [5.41, 5.74) is 0.891. The van der Waals surface area contributed by atoms with Gasteiger partial charge in [-0.1, -0.05) is 6.92 Å². The Balaban J connectivity index is 3.02. The van der Waals surface area contributed by atoms with Gasteiger partial charge in [-0.3, -0.25) is 0 Å². The first-order valence-corrected chi connectivity index (χ1v) is 5.41. The minimum absolute atomic E-state index is 0.159. The van der Waals surface area contributed by atoms with E-state index in [2.05, 4.69) is 15.9 Å². The van der Waals surface area contributed by atoms with Crippen LogP contribution >= 0.6 is 15.9 Å². The molecule has 84 valence electrons. The molecule has 0 aliphatic rings. The Morgan fingerprint density at radius 2 is 2.07 bits per heavy atom. The molecule has 0 spiro atoms. The Bertz CT molecular complexity index is 318. The highest BCUT2D eigenvalue weighted by Crippen LogP contribution is 2.31. The van der Waals surface area contributed by atoms with Crippen LogP contribution in [-0.4, -0.2) is 20.8 Å². The molecule has 1 atom stereocenters. The van der Waals surface area contributed by atoms with Gasteiger partial charge in [0.1, 0.15) is 0 Å². The van der Waals surface area contributed by atoms with E-state index in [9.17, 15) is 4.39 Å². The Hall–Kier alpha value is -0.610. The van der Waals surface area contributed by atoms with Gasteiger partial charge in [0, 0.05) is 13.0 Å². The molecule has 0 radical (unpaired) electrons. The summed E-state index contributed by atoms with van der Waals surface area (Å²) in [4.78, 5) is 0. The zero-order chi connectivity index (χ0) is 11.4. The van der Waals surface area contributed by atoms with Crippen molar-refractivity contribution in [3.8, 4) is 5.75 Å². The number of benzene rings is 1. The highest BCUT2D eigenvalue weighted by atomic mass is 79.9. The van der Waals surface area contributed by atoms with Crippen molar-refractivity contribution in [1.82, 2.24) is 0 Å². The van der Waals surface area contributed by atoms with Crippen molar-refractivity contribution < 1.29 is 13.9 Å². The van der Waals surface area contributed by atoms with Gasteiger partial charge in [0.2, 0.25) is 0 Å². The maximum atomic E-state index is 13.5. The topological polar surface area (TPSA) is 18.5 Å². The molecule has 0 saturated heterocycles. The van der Waals surface area contributed by atoms with Crippen LogP contribution in [0, 0.1) is 5.82 Å². The monoisotopic (exact) mass is 276 g/mol. The maximum absolute atomic E-state index is 13.5. The van der Waals surface area contributed by atoms with Crippen LogP contribution in [0.25, 0.3) is 0 Å². The lowest BCUT2D eigenvalue weighted by Crippen LogP contribution is -2.03. The molecular weight excluding hydrogens is 263 g/mol. The molecule has 0 saturated carbocycles. The number of hydrogen-bond acceptors (Lipinski definition) is 2. The first kappa shape index (κ1) is 12.5. The Morgan fingerprint density at radius 1 is 1.40 bits per heavy atom. The average molecular weight is 277 g/mol. The Morgan fingerprint density at radius 3 is 2.53 bits per heavy atom. The molecule has 2 nitrogen and oxygen atoms in total. The number of rotatable bonds is 4. The van der Waals surface area contributed by atoms with E-state index < -0.39 is 0 Å². The zero-order valence-corrected chi connectivity index (χ0v) is 10.6. The minimum atomic E-state index is -0.357. The second kappa shape index (κ2) is 5.47. The molecule has 4 heteroatoms. The minimum Gasteiger partial charge on any atom is -0.492 e. The Labute approximate surface area is 97.5 Å². The fraction of sp³-hybridized carbons (Fsp3) is 0.455. The predicted molar refractivity (Wildman–Crippen MR) is 60.9 cm³/mol. The zero-order valence-electron chi connectivity index (χ0n) is 9.01. The average Bonchev–Trinajstić information content (AvgIpc) is 2.17.